The molecule has 3 N–H and O–H groups in total. The largest absolute Gasteiger partial charge is 0.495 e. The minimum Gasteiger partial charge on any atom is -0.495 e. The second kappa shape index (κ2) is 8.61. The third kappa shape index (κ3) is 4.44. The Kier molecular flexibility index (Phi) is 6.67. The van der Waals surface area contributed by atoms with Crippen molar-refractivity contribution in [1.29, 1.82) is 0 Å². The molecule has 150 valence electrons. The van der Waals surface area contributed by atoms with Gasteiger partial charge in [-0.3, -0.25) is 24.6 Å². The zero-order chi connectivity index (χ0) is 21.1. The van der Waals surface area contributed by atoms with Gasteiger partial charge in [0.05, 0.1) is 17.1 Å². The maximum atomic E-state index is 13.2. The van der Waals surface area contributed by atoms with Crippen LogP contribution < -0.4 is 20.3 Å². The molecule has 0 saturated heterocycles. The number of rotatable bonds is 7. The molecule has 2 aromatic carbocycles. The number of carbonyl (C=O) groups is 1. The van der Waals surface area contributed by atoms with Crippen LogP contribution in [0.4, 0.5) is 11.4 Å². The van der Waals surface area contributed by atoms with Gasteiger partial charge in [0, 0.05) is 17.2 Å². The van der Waals surface area contributed by atoms with Crippen molar-refractivity contribution in [2.75, 3.05) is 18.0 Å². The SMILES string of the molecule is COc1ccc([N+](=O)[O-])cc1N(CC(=O)NN)S(=O)(=O)c1cc(Cl)ccc1Cl. The van der Waals surface area contributed by atoms with E-state index in [9.17, 15) is 23.3 Å². The minimum absolute atomic E-state index is 0.0304. The Morgan fingerprint density at radius 3 is 2.54 bits per heavy atom. The predicted molar refractivity (Wildman–Crippen MR) is 103 cm³/mol. The molecule has 1 amide bonds. The number of nitrogens with two attached hydrogens (primary N) is 1. The number of ether oxygens (including phenoxy) is 1. The van der Waals surface area contributed by atoms with E-state index in [1.165, 1.54) is 25.3 Å². The fourth-order valence-electron chi connectivity index (χ4n) is 2.26. The molecule has 0 heterocycles. The highest BCUT2D eigenvalue weighted by atomic mass is 35.5. The third-order valence-electron chi connectivity index (χ3n) is 3.55. The van der Waals surface area contributed by atoms with Gasteiger partial charge in [-0.2, -0.15) is 0 Å². The van der Waals surface area contributed by atoms with Crippen LogP contribution in [0.3, 0.4) is 0 Å². The van der Waals surface area contributed by atoms with Gasteiger partial charge >= 0.3 is 0 Å². The minimum atomic E-state index is -4.49. The Morgan fingerprint density at radius 1 is 1.29 bits per heavy atom. The molecular weight excluding hydrogens is 435 g/mol. The van der Waals surface area contributed by atoms with Crippen molar-refractivity contribution in [2.24, 2.45) is 5.84 Å². The summed E-state index contributed by atoms with van der Waals surface area (Å²) < 4.78 is 32.2. The Hall–Kier alpha value is -2.60. The van der Waals surface area contributed by atoms with E-state index in [0.717, 1.165) is 18.2 Å². The summed E-state index contributed by atoms with van der Waals surface area (Å²) in [7, 11) is -3.25. The molecule has 13 heteroatoms. The van der Waals surface area contributed by atoms with Crippen LogP contribution in [0.2, 0.25) is 10.0 Å². The molecule has 2 aromatic rings. The highest BCUT2D eigenvalue weighted by Crippen LogP contribution is 2.37. The first-order valence-corrected chi connectivity index (χ1v) is 9.61. The molecule has 0 radical (unpaired) electrons. The Bertz CT molecular complexity index is 1030. The number of non-ortho nitro benzene ring substituents is 1. The summed E-state index contributed by atoms with van der Waals surface area (Å²) in [6.07, 6.45) is 0. The number of amides is 1. The van der Waals surface area contributed by atoms with Crippen molar-refractivity contribution in [3.8, 4) is 5.75 Å². The van der Waals surface area contributed by atoms with Gasteiger partial charge in [-0.1, -0.05) is 23.2 Å². The molecular formula is C15H14Cl2N4O6S. The molecule has 0 aromatic heterocycles. The van der Waals surface area contributed by atoms with E-state index < -0.39 is 38.0 Å². The summed E-state index contributed by atoms with van der Waals surface area (Å²) in [4.78, 5) is 21.9. The van der Waals surface area contributed by atoms with Gasteiger partial charge in [-0.05, 0) is 24.3 Å². The van der Waals surface area contributed by atoms with Crippen LogP contribution >= 0.6 is 23.2 Å². The fourth-order valence-corrected chi connectivity index (χ4v) is 4.42. The Labute approximate surface area is 169 Å². The number of nitrogens with zero attached hydrogens (tertiary/aromatic N) is 2. The standard InChI is InChI=1S/C15H14Cl2N4O6S/c1-27-13-5-3-10(21(23)24)7-12(13)20(8-15(22)19-18)28(25,26)14-6-9(16)2-4-11(14)17/h2-7H,8,18H2,1H3,(H,19,22). The van der Waals surface area contributed by atoms with E-state index in [-0.39, 0.29) is 21.5 Å². The first-order valence-electron chi connectivity index (χ1n) is 7.41. The molecule has 0 aliphatic carbocycles. The summed E-state index contributed by atoms with van der Waals surface area (Å²) in [5.41, 5.74) is 1.14. The zero-order valence-corrected chi connectivity index (χ0v) is 16.6. The van der Waals surface area contributed by atoms with Gasteiger partial charge in [0.1, 0.15) is 22.9 Å². The highest BCUT2D eigenvalue weighted by Gasteiger charge is 2.32. The number of nitro benzene ring substituents is 1. The van der Waals surface area contributed by atoms with Crippen molar-refractivity contribution < 1.29 is 22.9 Å². The second-order valence-electron chi connectivity index (χ2n) is 5.27. The molecule has 0 bridgehead atoms. The molecule has 2 rings (SSSR count). The van der Waals surface area contributed by atoms with Crippen LogP contribution in [-0.4, -0.2) is 32.9 Å². The number of hydrogen-bond donors (Lipinski definition) is 2. The van der Waals surface area contributed by atoms with Gasteiger partial charge in [0.25, 0.3) is 21.6 Å². The van der Waals surface area contributed by atoms with Crippen molar-refractivity contribution in [3.05, 3.63) is 56.6 Å². The highest BCUT2D eigenvalue weighted by molar-refractivity contribution is 7.93. The lowest BCUT2D eigenvalue weighted by Gasteiger charge is -2.25. The molecule has 10 nitrogen and oxygen atoms in total. The molecule has 0 spiro atoms. The Morgan fingerprint density at radius 2 is 1.96 bits per heavy atom. The molecule has 28 heavy (non-hydrogen) atoms. The van der Waals surface area contributed by atoms with Gasteiger partial charge in [0.15, 0.2) is 0 Å². The van der Waals surface area contributed by atoms with E-state index in [0.29, 0.717) is 4.31 Å². The maximum absolute atomic E-state index is 13.2. The number of carbonyl (C=O) groups excluding carboxylic acids is 1. The summed E-state index contributed by atoms with van der Waals surface area (Å²) >= 11 is 11.9. The van der Waals surface area contributed by atoms with Crippen molar-refractivity contribution in [2.45, 2.75) is 4.90 Å². The van der Waals surface area contributed by atoms with E-state index in [1.807, 2.05) is 5.43 Å². The lowest BCUT2D eigenvalue weighted by Crippen LogP contribution is -2.43. The van der Waals surface area contributed by atoms with Gasteiger partial charge in [-0.15, -0.1) is 0 Å². The number of halogens is 2. The monoisotopic (exact) mass is 448 g/mol. The number of nitrogens with one attached hydrogen (secondary N) is 1. The molecule has 0 unspecified atom stereocenters. The molecule has 0 saturated carbocycles. The van der Waals surface area contributed by atoms with E-state index >= 15 is 0 Å². The molecule has 0 fully saturated rings. The van der Waals surface area contributed by atoms with Gasteiger partial charge in [-0.25, -0.2) is 14.3 Å². The average Bonchev–Trinajstić information content (AvgIpc) is 2.66. The lowest BCUT2D eigenvalue weighted by atomic mass is 10.2. The lowest BCUT2D eigenvalue weighted by molar-refractivity contribution is -0.384. The number of nitro groups is 1. The first-order chi connectivity index (χ1) is 13.1. The fraction of sp³-hybridized carbons (Fsp3) is 0.133. The van der Waals surface area contributed by atoms with Crippen LogP contribution in [-0.2, 0) is 14.8 Å². The number of hydrazine groups is 1. The average molecular weight is 449 g/mol. The van der Waals surface area contributed by atoms with E-state index in [4.69, 9.17) is 33.8 Å². The van der Waals surface area contributed by atoms with Gasteiger partial charge < -0.3 is 4.74 Å². The maximum Gasteiger partial charge on any atom is 0.271 e. The normalized spacial score (nSPS) is 11.0. The Balaban J connectivity index is 2.76. The van der Waals surface area contributed by atoms with Crippen LogP contribution in [0.1, 0.15) is 0 Å². The van der Waals surface area contributed by atoms with Crippen molar-refractivity contribution in [3.63, 3.8) is 0 Å². The van der Waals surface area contributed by atoms with Gasteiger partial charge in [0.2, 0.25) is 0 Å². The predicted octanol–water partition coefficient (Wildman–Crippen LogP) is 2.10. The summed E-state index contributed by atoms with van der Waals surface area (Å²) in [6.45, 7) is -0.792. The van der Waals surface area contributed by atoms with Crippen molar-refractivity contribution in [1.82, 2.24) is 5.43 Å². The topological polar surface area (TPSA) is 145 Å². The van der Waals surface area contributed by atoms with E-state index in [2.05, 4.69) is 0 Å². The third-order valence-corrected chi connectivity index (χ3v) is 6.03. The summed E-state index contributed by atoms with van der Waals surface area (Å²) in [5.74, 6) is 4.17. The summed E-state index contributed by atoms with van der Waals surface area (Å²) in [5, 5.41) is 11.1. The van der Waals surface area contributed by atoms with Crippen LogP contribution in [0.25, 0.3) is 0 Å². The van der Waals surface area contributed by atoms with Crippen LogP contribution in [0.15, 0.2) is 41.3 Å². The molecule has 0 atom stereocenters. The van der Waals surface area contributed by atoms with Crippen LogP contribution in [0, 0.1) is 10.1 Å². The zero-order valence-electron chi connectivity index (χ0n) is 14.3. The number of anilines is 1. The number of sulfonamides is 1. The molecule has 0 aliphatic rings. The number of methoxy groups -OCH3 is 1. The number of benzene rings is 2. The number of hydrogen-bond acceptors (Lipinski definition) is 7. The summed E-state index contributed by atoms with van der Waals surface area (Å²) in [6, 6.07) is 7.03. The first kappa shape index (κ1) is 21.7. The quantitative estimate of drug-likeness (QED) is 0.285. The van der Waals surface area contributed by atoms with E-state index in [1.54, 1.807) is 0 Å². The molecule has 0 aliphatic heterocycles. The van der Waals surface area contributed by atoms with Crippen molar-refractivity contribution >= 4 is 50.5 Å². The second-order valence-corrected chi connectivity index (χ2v) is 7.94. The smallest absolute Gasteiger partial charge is 0.271 e. The van der Waals surface area contributed by atoms with Crippen LogP contribution in [0.5, 0.6) is 5.75 Å².